The quantitative estimate of drug-likeness (QED) is 0.682. The van der Waals surface area contributed by atoms with Gasteiger partial charge in [-0.05, 0) is 29.9 Å². The molecule has 1 saturated carbocycles. The van der Waals surface area contributed by atoms with Crippen molar-refractivity contribution in [3.63, 3.8) is 0 Å². The Morgan fingerprint density at radius 1 is 1.29 bits per heavy atom. The van der Waals surface area contributed by atoms with Gasteiger partial charge in [0.15, 0.2) is 0 Å². The van der Waals surface area contributed by atoms with Gasteiger partial charge in [-0.15, -0.1) is 0 Å². The van der Waals surface area contributed by atoms with Crippen molar-refractivity contribution in [3.8, 4) is 0 Å². The summed E-state index contributed by atoms with van der Waals surface area (Å²) < 4.78 is 0.325. The summed E-state index contributed by atoms with van der Waals surface area (Å²) >= 11 is 7.56. The molecule has 2 aliphatic rings. The third-order valence-corrected chi connectivity index (χ3v) is 6.67. The van der Waals surface area contributed by atoms with Crippen LogP contribution in [0.2, 0.25) is 0 Å². The van der Waals surface area contributed by atoms with Gasteiger partial charge in [0.25, 0.3) is 0 Å². The first-order valence-corrected chi connectivity index (χ1v) is 7.00. The summed E-state index contributed by atoms with van der Waals surface area (Å²) in [4.78, 5) is 0. The molecule has 0 aliphatic heterocycles. The normalized spacial score (nSPS) is 38.7. The molecule has 14 heavy (non-hydrogen) atoms. The molecule has 0 saturated heterocycles. The van der Waals surface area contributed by atoms with E-state index in [4.69, 9.17) is 0 Å². The smallest absolute Gasteiger partial charge is 0.0429 e. The van der Waals surface area contributed by atoms with Crippen LogP contribution in [0.25, 0.3) is 0 Å². The Hall–Kier alpha value is 0.180. The Bertz CT molecular complexity index is 374. The molecule has 1 unspecified atom stereocenters. The Kier molecular flexibility index (Phi) is 2.07. The summed E-state index contributed by atoms with van der Waals surface area (Å²) in [6.07, 6.45) is 2.64. The van der Waals surface area contributed by atoms with Crippen LogP contribution in [0.3, 0.4) is 0 Å². The van der Waals surface area contributed by atoms with Crippen molar-refractivity contribution in [2.45, 2.75) is 29.0 Å². The first-order valence-electron chi connectivity index (χ1n) is 5.08. The molecule has 0 N–H and O–H groups in total. The van der Waals surface area contributed by atoms with Crippen molar-refractivity contribution in [2.24, 2.45) is 0 Å². The highest BCUT2D eigenvalue weighted by Crippen LogP contribution is 2.61. The minimum absolute atomic E-state index is 0.325. The summed E-state index contributed by atoms with van der Waals surface area (Å²) in [7, 11) is 0. The van der Waals surface area contributed by atoms with Crippen LogP contribution in [0.5, 0.6) is 0 Å². The zero-order valence-corrected chi connectivity index (χ0v) is 11.0. The average molecular weight is 316 g/mol. The van der Waals surface area contributed by atoms with Gasteiger partial charge in [-0.1, -0.05) is 56.1 Å². The van der Waals surface area contributed by atoms with E-state index in [1.807, 2.05) is 0 Å². The lowest BCUT2D eigenvalue weighted by atomic mass is 9.85. The SMILES string of the molecule is BrCC1(Br)C[C@@H]2C[C@H]1c1ccccc12. The van der Waals surface area contributed by atoms with Gasteiger partial charge in [0.05, 0.1) is 0 Å². The van der Waals surface area contributed by atoms with Gasteiger partial charge >= 0.3 is 0 Å². The van der Waals surface area contributed by atoms with Crippen molar-refractivity contribution in [1.82, 2.24) is 0 Å². The summed E-state index contributed by atoms with van der Waals surface area (Å²) in [6.45, 7) is 0. The van der Waals surface area contributed by atoms with Gasteiger partial charge in [0, 0.05) is 15.6 Å². The molecule has 1 aromatic rings. The van der Waals surface area contributed by atoms with Gasteiger partial charge in [-0.2, -0.15) is 0 Å². The topological polar surface area (TPSA) is 0 Å². The Balaban J connectivity index is 2.11. The first-order chi connectivity index (χ1) is 6.74. The molecule has 2 bridgehead atoms. The lowest BCUT2D eigenvalue weighted by Crippen LogP contribution is -2.28. The lowest BCUT2D eigenvalue weighted by Gasteiger charge is -2.31. The molecule has 0 spiro atoms. The lowest BCUT2D eigenvalue weighted by molar-refractivity contribution is 0.591. The van der Waals surface area contributed by atoms with E-state index in [1.165, 1.54) is 12.8 Å². The van der Waals surface area contributed by atoms with Crippen molar-refractivity contribution >= 4 is 31.9 Å². The highest BCUT2D eigenvalue weighted by atomic mass is 79.9. The average Bonchev–Trinajstić information content (AvgIpc) is 2.74. The van der Waals surface area contributed by atoms with Crippen LogP contribution in [0, 0.1) is 0 Å². The monoisotopic (exact) mass is 314 g/mol. The van der Waals surface area contributed by atoms with Crippen LogP contribution in [0.1, 0.15) is 35.8 Å². The fourth-order valence-corrected chi connectivity index (χ4v) is 4.57. The molecule has 0 nitrogen and oxygen atoms in total. The Labute approximate surface area is 101 Å². The van der Waals surface area contributed by atoms with Crippen LogP contribution in [0.15, 0.2) is 24.3 Å². The number of alkyl halides is 2. The summed E-state index contributed by atoms with van der Waals surface area (Å²) in [6, 6.07) is 8.95. The molecular formula is C12H12Br2. The van der Waals surface area contributed by atoms with Crippen LogP contribution < -0.4 is 0 Å². The van der Waals surface area contributed by atoms with E-state index in [2.05, 4.69) is 56.1 Å². The maximum absolute atomic E-state index is 3.92. The van der Waals surface area contributed by atoms with E-state index in [-0.39, 0.29) is 0 Å². The highest BCUT2D eigenvalue weighted by Gasteiger charge is 2.51. The molecule has 0 radical (unpaired) electrons. The number of fused-ring (bicyclic) bond motifs is 5. The Morgan fingerprint density at radius 2 is 2.00 bits per heavy atom. The Morgan fingerprint density at radius 3 is 2.71 bits per heavy atom. The van der Waals surface area contributed by atoms with Crippen LogP contribution in [-0.2, 0) is 0 Å². The standard InChI is InChI=1S/C12H12Br2/c13-7-12(14)6-8-5-11(12)10-4-2-1-3-9(8)10/h1-4,8,11H,5-7H2/t8-,11-,12?/m0/s1. The van der Waals surface area contributed by atoms with Crippen LogP contribution in [0.4, 0.5) is 0 Å². The molecule has 1 fully saturated rings. The number of rotatable bonds is 1. The number of halogens is 2. The van der Waals surface area contributed by atoms with Gasteiger partial charge in [-0.3, -0.25) is 0 Å². The third kappa shape index (κ3) is 1.10. The molecule has 0 amide bonds. The minimum atomic E-state index is 0.325. The molecule has 3 rings (SSSR count). The minimum Gasteiger partial charge on any atom is -0.0913 e. The first kappa shape index (κ1) is 9.41. The predicted molar refractivity (Wildman–Crippen MR) is 66.6 cm³/mol. The van der Waals surface area contributed by atoms with E-state index in [0.29, 0.717) is 4.32 Å². The molecule has 2 heteroatoms. The van der Waals surface area contributed by atoms with E-state index in [9.17, 15) is 0 Å². The summed E-state index contributed by atoms with van der Waals surface area (Å²) in [5.74, 6) is 1.52. The molecule has 3 atom stereocenters. The summed E-state index contributed by atoms with van der Waals surface area (Å²) in [5, 5.41) is 1.06. The van der Waals surface area contributed by atoms with E-state index in [1.54, 1.807) is 11.1 Å². The molecule has 2 aliphatic carbocycles. The second-order valence-corrected chi connectivity index (χ2v) is 6.63. The fourth-order valence-electron chi connectivity index (χ4n) is 3.12. The zero-order valence-electron chi connectivity index (χ0n) is 7.84. The van der Waals surface area contributed by atoms with Crippen LogP contribution >= 0.6 is 31.9 Å². The fraction of sp³-hybridized carbons (Fsp3) is 0.500. The van der Waals surface area contributed by atoms with Crippen LogP contribution in [-0.4, -0.2) is 9.65 Å². The molecule has 0 heterocycles. The van der Waals surface area contributed by atoms with Gasteiger partial charge < -0.3 is 0 Å². The van der Waals surface area contributed by atoms with E-state index < -0.39 is 0 Å². The molecule has 74 valence electrons. The van der Waals surface area contributed by atoms with Gasteiger partial charge in [0.2, 0.25) is 0 Å². The number of hydrogen-bond donors (Lipinski definition) is 0. The van der Waals surface area contributed by atoms with E-state index in [0.717, 1.165) is 17.2 Å². The largest absolute Gasteiger partial charge is 0.0913 e. The summed E-state index contributed by atoms with van der Waals surface area (Å²) in [5.41, 5.74) is 3.19. The van der Waals surface area contributed by atoms with Gasteiger partial charge in [-0.25, -0.2) is 0 Å². The number of benzene rings is 1. The van der Waals surface area contributed by atoms with Crippen molar-refractivity contribution < 1.29 is 0 Å². The molecule has 1 aromatic carbocycles. The third-order valence-electron chi connectivity index (χ3n) is 3.76. The zero-order chi connectivity index (χ0) is 9.76. The second-order valence-electron chi connectivity index (χ2n) is 4.49. The number of hydrogen-bond acceptors (Lipinski definition) is 0. The van der Waals surface area contributed by atoms with Crippen molar-refractivity contribution in [1.29, 1.82) is 0 Å². The maximum atomic E-state index is 3.92. The molecular weight excluding hydrogens is 304 g/mol. The predicted octanol–water partition coefficient (Wildman–Crippen LogP) is 4.19. The molecule has 0 aromatic heterocycles. The highest BCUT2D eigenvalue weighted by molar-refractivity contribution is 9.12. The van der Waals surface area contributed by atoms with Crippen molar-refractivity contribution in [3.05, 3.63) is 35.4 Å². The maximum Gasteiger partial charge on any atom is 0.0429 e. The van der Waals surface area contributed by atoms with Crippen molar-refractivity contribution in [2.75, 3.05) is 5.33 Å². The second kappa shape index (κ2) is 3.08. The van der Waals surface area contributed by atoms with Gasteiger partial charge in [0.1, 0.15) is 0 Å². The van der Waals surface area contributed by atoms with E-state index >= 15 is 0 Å².